The molecule has 25 heavy (non-hydrogen) atoms. The highest BCUT2D eigenvalue weighted by molar-refractivity contribution is 6.03. The minimum Gasteiger partial charge on any atom is -0.391 e. The predicted octanol–water partition coefficient (Wildman–Crippen LogP) is 0.0270. The smallest absolute Gasteiger partial charge is 0.240 e. The van der Waals surface area contributed by atoms with Crippen LogP contribution in [-0.2, 0) is 4.79 Å². The molecular formula is C16H17N7O2. The molecular weight excluding hydrogens is 322 g/mol. The van der Waals surface area contributed by atoms with E-state index in [0.29, 0.717) is 24.3 Å². The van der Waals surface area contributed by atoms with E-state index in [4.69, 9.17) is 11.5 Å². The van der Waals surface area contributed by atoms with Gasteiger partial charge in [-0.25, -0.2) is 15.0 Å². The van der Waals surface area contributed by atoms with E-state index in [9.17, 15) is 9.90 Å². The number of fused-ring (bicyclic) bond motifs is 1. The Labute approximate surface area is 142 Å². The second kappa shape index (κ2) is 5.71. The van der Waals surface area contributed by atoms with E-state index in [1.54, 1.807) is 30.7 Å². The van der Waals surface area contributed by atoms with E-state index in [1.165, 1.54) is 0 Å². The Bertz CT molecular complexity index is 955. The van der Waals surface area contributed by atoms with Crippen molar-refractivity contribution < 1.29 is 9.90 Å². The van der Waals surface area contributed by atoms with Gasteiger partial charge in [0.25, 0.3) is 0 Å². The first-order chi connectivity index (χ1) is 12.0. The molecule has 0 radical (unpaired) electrons. The fraction of sp³-hybridized carbons (Fsp3) is 0.250. The highest BCUT2D eigenvalue weighted by atomic mass is 16.3. The monoisotopic (exact) mass is 339 g/mol. The fourth-order valence-corrected chi connectivity index (χ4v) is 3.35. The van der Waals surface area contributed by atoms with Crippen molar-refractivity contribution in [2.24, 2.45) is 5.73 Å². The molecule has 0 bridgehead atoms. The molecule has 4 rings (SSSR count). The topological polar surface area (TPSA) is 147 Å². The number of nitrogens with two attached hydrogens (primary N) is 2. The molecule has 0 aromatic carbocycles. The van der Waals surface area contributed by atoms with Gasteiger partial charge in [-0.05, 0) is 12.1 Å². The third kappa shape index (κ3) is 2.54. The van der Waals surface area contributed by atoms with Gasteiger partial charge in [0, 0.05) is 37.1 Å². The second-order valence-electron chi connectivity index (χ2n) is 6.02. The van der Waals surface area contributed by atoms with Crippen LogP contribution in [0.2, 0.25) is 0 Å². The molecule has 0 saturated carbocycles. The minimum absolute atomic E-state index is 0.170. The Hall–Kier alpha value is -3.20. The maximum atomic E-state index is 11.8. The second-order valence-corrected chi connectivity index (χ2v) is 6.02. The molecule has 1 saturated heterocycles. The standard InChI is InChI=1S/C16H17N7O2/c17-14(25)12-5-8(24)7-23(12)11-2-4-19-15-13(11)9(6-21-15)10-1-3-20-16(18)22-10/h1-4,6,8,12,24H,5,7H2,(H2,17,25)(H,19,21)(H2,18,20,22)/t8-,12-/m0/s1. The molecule has 2 atom stereocenters. The van der Waals surface area contributed by atoms with E-state index in [-0.39, 0.29) is 5.95 Å². The van der Waals surface area contributed by atoms with Crippen molar-refractivity contribution in [1.29, 1.82) is 0 Å². The minimum atomic E-state index is -0.613. The number of nitrogen functional groups attached to an aromatic ring is 1. The lowest BCUT2D eigenvalue weighted by Crippen LogP contribution is -2.40. The first-order valence-electron chi connectivity index (χ1n) is 7.83. The summed E-state index contributed by atoms with van der Waals surface area (Å²) >= 11 is 0. The molecule has 1 amide bonds. The third-order valence-corrected chi connectivity index (χ3v) is 4.42. The molecule has 0 aliphatic carbocycles. The summed E-state index contributed by atoms with van der Waals surface area (Å²) in [5.41, 5.74) is 14.1. The lowest BCUT2D eigenvalue weighted by atomic mass is 10.1. The van der Waals surface area contributed by atoms with Gasteiger partial charge in [0.1, 0.15) is 11.7 Å². The largest absolute Gasteiger partial charge is 0.391 e. The molecule has 0 unspecified atom stereocenters. The van der Waals surface area contributed by atoms with Crippen molar-refractivity contribution in [3.05, 3.63) is 30.7 Å². The Morgan fingerprint density at radius 2 is 2.12 bits per heavy atom. The van der Waals surface area contributed by atoms with Crippen molar-refractivity contribution in [2.75, 3.05) is 17.2 Å². The molecule has 3 aromatic rings. The zero-order valence-electron chi connectivity index (χ0n) is 13.3. The summed E-state index contributed by atoms with van der Waals surface area (Å²) in [4.78, 5) is 29.2. The Morgan fingerprint density at radius 1 is 1.32 bits per heavy atom. The summed E-state index contributed by atoms with van der Waals surface area (Å²) < 4.78 is 0. The van der Waals surface area contributed by atoms with Gasteiger partial charge in [0.05, 0.1) is 22.9 Å². The predicted molar refractivity (Wildman–Crippen MR) is 92.5 cm³/mol. The first-order valence-corrected chi connectivity index (χ1v) is 7.83. The van der Waals surface area contributed by atoms with Crippen LogP contribution in [0.1, 0.15) is 6.42 Å². The van der Waals surface area contributed by atoms with Gasteiger partial charge >= 0.3 is 0 Å². The number of nitrogens with one attached hydrogen (secondary N) is 1. The molecule has 4 heterocycles. The summed E-state index contributed by atoms with van der Waals surface area (Å²) in [7, 11) is 0. The number of H-pyrrole nitrogens is 1. The molecule has 1 aliphatic heterocycles. The Kier molecular flexibility index (Phi) is 3.50. The van der Waals surface area contributed by atoms with E-state index in [2.05, 4.69) is 19.9 Å². The fourth-order valence-electron chi connectivity index (χ4n) is 3.35. The Balaban J connectivity index is 1.90. The Morgan fingerprint density at radius 3 is 2.88 bits per heavy atom. The highest BCUT2D eigenvalue weighted by Gasteiger charge is 2.36. The summed E-state index contributed by atoms with van der Waals surface area (Å²) in [6.45, 7) is 0.323. The van der Waals surface area contributed by atoms with E-state index < -0.39 is 18.1 Å². The van der Waals surface area contributed by atoms with Gasteiger partial charge in [0.15, 0.2) is 0 Å². The molecule has 128 valence electrons. The number of nitrogens with zero attached hydrogens (tertiary/aromatic N) is 4. The van der Waals surface area contributed by atoms with Gasteiger partial charge in [-0.1, -0.05) is 0 Å². The zero-order chi connectivity index (χ0) is 17.6. The lowest BCUT2D eigenvalue weighted by Gasteiger charge is -2.25. The number of hydrogen-bond donors (Lipinski definition) is 4. The number of carbonyl (C=O) groups is 1. The average molecular weight is 339 g/mol. The molecule has 1 fully saturated rings. The van der Waals surface area contributed by atoms with Crippen LogP contribution in [0.15, 0.2) is 30.7 Å². The number of β-amino-alcohol motifs (C(OH)–C–C–N with tert-alkyl or cyclic N) is 1. The molecule has 9 nitrogen and oxygen atoms in total. The first kappa shape index (κ1) is 15.3. The SMILES string of the molecule is NC(=O)[C@@H]1C[C@H](O)CN1c1ccnc2[nH]cc(-c3ccnc(N)n3)c12. The quantitative estimate of drug-likeness (QED) is 0.526. The zero-order valence-corrected chi connectivity index (χ0v) is 13.3. The van der Waals surface area contributed by atoms with Crippen molar-refractivity contribution in [1.82, 2.24) is 19.9 Å². The highest BCUT2D eigenvalue weighted by Crippen LogP contribution is 2.37. The lowest BCUT2D eigenvalue weighted by molar-refractivity contribution is -0.119. The van der Waals surface area contributed by atoms with Gasteiger partial charge in [-0.15, -0.1) is 0 Å². The van der Waals surface area contributed by atoms with Gasteiger partial charge in [-0.2, -0.15) is 0 Å². The van der Waals surface area contributed by atoms with E-state index >= 15 is 0 Å². The summed E-state index contributed by atoms with van der Waals surface area (Å²) in [5.74, 6) is -0.297. The van der Waals surface area contributed by atoms with Gasteiger partial charge in [-0.3, -0.25) is 4.79 Å². The van der Waals surface area contributed by atoms with Crippen LogP contribution >= 0.6 is 0 Å². The molecule has 9 heteroatoms. The number of aliphatic hydroxyl groups is 1. The number of carbonyl (C=O) groups excluding carboxylic acids is 1. The van der Waals surface area contributed by atoms with E-state index in [0.717, 1.165) is 16.6 Å². The number of amides is 1. The van der Waals surface area contributed by atoms with Crippen LogP contribution < -0.4 is 16.4 Å². The molecule has 3 aromatic heterocycles. The normalized spacial score (nSPS) is 20.3. The number of aromatic amines is 1. The maximum Gasteiger partial charge on any atom is 0.240 e. The number of anilines is 2. The van der Waals surface area contributed by atoms with Crippen LogP contribution in [0.25, 0.3) is 22.3 Å². The van der Waals surface area contributed by atoms with Crippen molar-refractivity contribution in [3.63, 3.8) is 0 Å². The van der Waals surface area contributed by atoms with Gasteiger partial charge < -0.3 is 26.5 Å². The number of aliphatic hydroxyl groups excluding tert-OH is 1. The molecule has 0 spiro atoms. The van der Waals surface area contributed by atoms with Crippen molar-refractivity contribution >= 4 is 28.6 Å². The van der Waals surface area contributed by atoms with E-state index in [1.807, 2.05) is 4.90 Å². The van der Waals surface area contributed by atoms with Crippen molar-refractivity contribution in [3.8, 4) is 11.3 Å². The maximum absolute atomic E-state index is 11.8. The summed E-state index contributed by atoms with van der Waals surface area (Å²) in [6.07, 6.45) is 4.71. The van der Waals surface area contributed by atoms with Crippen LogP contribution in [0.5, 0.6) is 0 Å². The number of rotatable bonds is 3. The number of pyridine rings is 1. The van der Waals surface area contributed by atoms with Crippen LogP contribution in [0, 0.1) is 0 Å². The van der Waals surface area contributed by atoms with Crippen LogP contribution in [0.3, 0.4) is 0 Å². The molecule has 6 N–H and O–H groups in total. The number of aromatic nitrogens is 4. The van der Waals surface area contributed by atoms with Crippen LogP contribution in [0.4, 0.5) is 11.6 Å². The van der Waals surface area contributed by atoms with Gasteiger partial charge in [0.2, 0.25) is 11.9 Å². The summed E-state index contributed by atoms with van der Waals surface area (Å²) in [5, 5.41) is 10.8. The number of hydrogen-bond acceptors (Lipinski definition) is 7. The average Bonchev–Trinajstić information content (AvgIpc) is 3.18. The van der Waals surface area contributed by atoms with Crippen LogP contribution in [-0.4, -0.2) is 49.6 Å². The third-order valence-electron chi connectivity index (χ3n) is 4.42. The summed E-state index contributed by atoms with van der Waals surface area (Å²) in [6, 6.07) is 2.98. The number of primary amides is 1. The molecule has 1 aliphatic rings. The van der Waals surface area contributed by atoms with Crippen molar-refractivity contribution in [2.45, 2.75) is 18.6 Å².